The fourth-order valence-electron chi connectivity index (χ4n) is 2.24. The van der Waals surface area contributed by atoms with Gasteiger partial charge in [-0.1, -0.05) is 35.7 Å². The predicted molar refractivity (Wildman–Crippen MR) is 70.6 cm³/mol. The SMILES string of the molecule is O=CC1CCCCN1Cc1ccc(Cl)c(Cl)c1. The van der Waals surface area contributed by atoms with E-state index in [4.69, 9.17) is 23.2 Å². The molecule has 17 heavy (non-hydrogen) atoms. The van der Waals surface area contributed by atoms with Crippen LogP contribution in [0.4, 0.5) is 0 Å². The summed E-state index contributed by atoms with van der Waals surface area (Å²) >= 11 is 11.9. The molecule has 4 heteroatoms. The van der Waals surface area contributed by atoms with Crippen LogP contribution in [0.1, 0.15) is 24.8 Å². The Morgan fingerprint density at radius 2 is 2.12 bits per heavy atom. The van der Waals surface area contributed by atoms with Gasteiger partial charge in [0.25, 0.3) is 0 Å². The Morgan fingerprint density at radius 3 is 2.82 bits per heavy atom. The summed E-state index contributed by atoms with van der Waals surface area (Å²) in [5, 5.41) is 1.14. The van der Waals surface area contributed by atoms with Crippen LogP contribution in [0.2, 0.25) is 10.0 Å². The summed E-state index contributed by atoms with van der Waals surface area (Å²) in [6.45, 7) is 1.74. The number of benzene rings is 1. The lowest BCUT2D eigenvalue weighted by Gasteiger charge is -2.32. The number of piperidine rings is 1. The van der Waals surface area contributed by atoms with Gasteiger partial charge in [0.05, 0.1) is 16.1 Å². The molecule has 1 aliphatic heterocycles. The highest BCUT2D eigenvalue weighted by Gasteiger charge is 2.21. The minimum atomic E-state index is 0.0539. The average molecular weight is 272 g/mol. The molecule has 1 aromatic rings. The van der Waals surface area contributed by atoms with Crippen molar-refractivity contribution in [3.8, 4) is 0 Å². The van der Waals surface area contributed by atoms with Gasteiger partial charge in [-0.15, -0.1) is 0 Å². The van der Waals surface area contributed by atoms with Gasteiger partial charge in [-0.3, -0.25) is 4.90 Å². The van der Waals surface area contributed by atoms with Crippen LogP contribution in [0.3, 0.4) is 0 Å². The average Bonchev–Trinajstić information content (AvgIpc) is 2.34. The molecule has 1 atom stereocenters. The monoisotopic (exact) mass is 271 g/mol. The maximum Gasteiger partial charge on any atom is 0.137 e. The topological polar surface area (TPSA) is 20.3 Å². The Balaban J connectivity index is 2.08. The maximum absolute atomic E-state index is 11.0. The van der Waals surface area contributed by atoms with Gasteiger partial charge in [0.2, 0.25) is 0 Å². The largest absolute Gasteiger partial charge is 0.302 e. The number of halogens is 2. The van der Waals surface area contributed by atoms with Crippen molar-refractivity contribution in [3.05, 3.63) is 33.8 Å². The molecule has 0 aliphatic carbocycles. The molecular formula is C13H15Cl2NO. The number of hydrogen-bond acceptors (Lipinski definition) is 2. The molecule has 1 heterocycles. The Bertz CT molecular complexity index is 408. The zero-order valence-electron chi connectivity index (χ0n) is 9.53. The van der Waals surface area contributed by atoms with Crippen molar-refractivity contribution in [2.24, 2.45) is 0 Å². The zero-order chi connectivity index (χ0) is 12.3. The van der Waals surface area contributed by atoms with Gasteiger partial charge in [-0.05, 0) is 37.1 Å². The summed E-state index contributed by atoms with van der Waals surface area (Å²) in [6, 6.07) is 5.70. The Kier molecular flexibility index (Phi) is 4.43. The molecule has 0 aromatic heterocycles. The smallest absolute Gasteiger partial charge is 0.137 e. The summed E-state index contributed by atoms with van der Waals surface area (Å²) in [5.74, 6) is 0. The van der Waals surface area contributed by atoms with E-state index in [0.29, 0.717) is 10.0 Å². The van der Waals surface area contributed by atoms with E-state index >= 15 is 0 Å². The summed E-state index contributed by atoms with van der Waals surface area (Å²) in [5.41, 5.74) is 1.10. The van der Waals surface area contributed by atoms with Crippen molar-refractivity contribution in [1.82, 2.24) is 4.90 Å². The number of aldehydes is 1. The van der Waals surface area contributed by atoms with Crippen molar-refractivity contribution in [2.75, 3.05) is 6.54 Å². The molecule has 1 aromatic carbocycles. The van der Waals surface area contributed by atoms with Crippen molar-refractivity contribution in [1.29, 1.82) is 0 Å². The molecule has 0 bridgehead atoms. The molecule has 0 spiro atoms. The summed E-state index contributed by atoms with van der Waals surface area (Å²) in [4.78, 5) is 13.2. The standard InChI is InChI=1S/C13H15Cl2NO/c14-12-5-4-10(7-13(12)15)8-16-6-2-1-3-11(16)9-17/h4-5,7,9,11H,1-3,6,8H2. The highest BCUT2D eigenvalue weighted by atomic mass is 35.5. The minimum Gasteiger partial charge on any atom is -0.302 e. The first kappa shape index (κ1) is 12.9. The predicted octanol–water partition coefficient (Wildman–Crippen LogP) is 3.55. The van der Waals surface area contributed by atoms with E-state index in [-0.39, 0.29) is 6.04 Å². The van der Waals surface area contributed by atoms with E-state index in [1.54, 1.807) is 6.07 Å². The number of rotatable bonds is 3. The van der Waals surface area contributed by atoms with E-state index in [1.807, 2.05) is 12.1 Å². The van der Waals surface area contributed by atoms with Crippen molar-refractivity contribution < 1.29 is 4.79 Å². The number of carbonyl (C=O) groups excluding carboxylic acids is 1. The van der Waals surface area contributed by atoms with Gasteiger partial charge in [0.15, 0.2) is 0 Å². The first-order chi connectivity index (χ1) is 8.20. The van der Waals surface area contributed by atoms with E-state index in [2.05, 4.69) is 4.90 Å². The summed E-state index contributed by atoms with van der Waals surface area (Å²) < 4.78 is 0. The van der Waals surface area contributed by atoms with Gasteiger partial charge in [-0.2, -0.15) is 0 Å². The van der Waals surface area contributed by atoms with Crippen LogP contribution in [-0.4, -0.2) is 23.8 Å². The lowest BCUT2D eigenvalue weighted by molar-refractivity contribution is -0.113. The molecule has 1 aliphatic rings. The van der Waals surface area contributed by atoms with Crippen LogP contribution in [0, 0.1) is 0 Å². The van der Waals surface area contributed by atoms with Crippen LogP contribution in [-0.2, 0) is 11.3 Å². The normalized spacial score (nSPS) is 21.4. The molecule has 0 radical (unpaired) electrons. The van der Waals surface area contributed by atoms with E-state index in [0.717, 1.165) is 44.2 Å². The third-order valence-electron chi connectivity index (χ3n) is 3.19. The van der Waals surface area contributed by atoms with Gasteiger partial charge in [0, 0.05) is 6.54 Å². The second-order valence-corrected chi connectivity index (χ2v) is 5.23. The Hall–Kier alpha value is -0.570. The Morgan fingerprint density at radius 1 is 1.29 bits per heavy atom. The van der Waals surface area contributed by atoms with E-state index < -0.39 is 0 Å². The van der Waals surface area contributed by atoms with Gasteiger partial charge < -0.3 is 4.79 Å². The molecule has 1 unspecified atom stereocenters. The van der Waals surface area contributed by atoms with Crippen LogP contribution < -0.4 is 0 Å². The molecule has 1 fully saturated rings. The third-order valence-corrected chi connectivity index (χ3v) is 3.93. The van der Waals surface area contributed by atoms with Crippen molar-refractivity contribution in [3.63, 3.8) is 0 Å². The van der Waals surface area contributed by atoms with Crippen LogP contribution in [0.5, 0.6) is 0 Å². The number of likely N-dealkylation sites (tertiary alicyclic amines) is 1. The molecule has 0 saturated carbocycles. The van der Waals surface area contributed by atoms with Crippen LogP contribution in [0.15, 0.2) is 18.2 Å². The molecular weight excluding hydrogens is 257 g/mol. The fourth-order valence-corrected chi connectivity index (χ4v) is 2.56. The first-order valence-electron chi connectivity index (χ1n) is 5.84. The summed E-state index contributed by atoms with van der Waals surface area (Å²) in [7, 11) is 0. The van der Waals surface area contributed by atoms with Crippen LogP contribution in [0.25, 0.3) is 0 Å². The molecule has 0 amide bonds. The van der Waals surface area contributed by atoms with E-state index in [9.17, 15) is 4.79 Å². The Labute approximate surface area is 112 Å². The maximum atomic E-state index is 11.0. The second-order valence-electron chi connectivity index (χ2n) is 4.42. The van der Waals surface area contributed by atoms with Gasteiger partial charge in [-0.25, -0.2) is 0 Å². The molecule has 1 saturated heterocycles. The van der Waals surface area contributed by atoms with Crippen LogP contribution >= 0.6 is 23.2 Å². The molecule has 0 N–H and O–H groups in total. The zero-order valence-corrected chi connectivity index (χ0v) is 11.0. The fraction of sp³-hybridized carbons (Fsp3) is 0.462. The highest BCUT2D eigenvalue weighted by Crippen LogP contribution is 2.25. The van der Waals surface area contributed by atoms with Gasteiger partial charge in [0.1, 0.15) is 6.29 Å². The van der Waals surface area contributed by atoms with Crippen molar-refractivity contribution >= 4 is 29.5 Å². The lowest BCUT2D eigenvalue weighted by Crippen LogP contribution is -2.39. The highest BCUT2D eigenvalue weighted by molar-refractivity contribution is 6.42. The molecule has 92 valence electrons. The minimum absolute atomic E-state index is 0.0539. The van der Waals surface area contributed by atoms with Gasteiger partial charge >= 0.3 is 0 Å². The van der Waals surface area contributed by atoms with Crippen molar-refractivity contribution in [2.45, 2.75) is 31.8 Å². The second kappa shape index (κ2) is 5.85. The third kappa shape index (κ3) is 3.21. The summed E-state index contributed by atoms with van der Waals surface area (Å²) in [6.07, 6.45) is 4.31. The number of hydrogen-bond donors (Lipinski definition) is 0. The molecule has 2 rings (SSSR count). The van der Waals surface area contributed by atoms with E-state index in [1.165, 1.54) is 0 Å². The number of nitrogens with zero attached hydrogens (tertiary/aromatic N) is 1. The first-order valence-corrected chi connectivity index (χ1v) is 6.59. The number of carbonyl (C=O) groups is 1. The quantitative estimate of drug-likeness (QED) is 0.784. The lowest BCUT2D eigenvalue weighted by atomic mass is 10.0. The molecule has 2 nitrogen and oxygen atoms in total.